The highest BCUT2D eigenvalue weighted by atomic mass is 16.5. The standard InChI is InChI=1S/C12H18N4O5/c13-8-15-10(18)7-21-6-4-14-9(17)3-5-16-11(19)1-2-12(16)20/h1-2H,3-8,13H2,(H,14,17)(H,15,18). The minimum Gasteiger partial charge on any atom is -0.370 e. The monoisotopic (exact) mass is 298 g/mol. The molecule has 0 fully saturated rings. The van der Waals surface area contributed by atoms with Gasteiger partial charge in [0.25, 0.3) is 11.8 Å². The fourth-order valence-corrected chi connectivity index (χ4v) is 1.55. The molecule has 0 saturated heterocycles. The fraction of sp³-hybridized carbons (Fsp3) is 0.500. The van der Waals surface area contributed by atoms with E-state index in [2.05, 4.69) is 10.6 Å². The molecule has 0 aromatic rings. The van der Waals surface area contributed by atoms with Gasteiger partial charge in [-0.15, -0.1) is 0 Å². The summed E-state index contributed by atoms with van der Waals surface area (Å²) in [5.74, 6) is -1.47. The number of nitrogens with zero attached hydrogens (tertiary/aromatic N) is 1. The van der Waals surface area contributed by atoms with Gasteiger partial charge in [0, 0.05) is 31.7 Å². The minimum atomic E-state index is -0.415. The Hall–Kier alpha value is -2.26. The summed E-state index contributed by atoms with van der Waals surface area (Å²) in [5, 5.41) is 4.91. The third kappa shape index (κ3) is 6.15. The Balaban J connectivity index is 2.05. The number of ether oxygens (including phenoxy) is 1. The number of carbonyl (C=O) groups is 4. The number of nitrogens with one attached hydrogen (secondary N) is 2. The highest BCUT2D eigenvalue weighted by molar-refractivity contribution is 6.13. The van der Waals surface area contributed by atoms with Crippen LogP contribution in [0.3, 0.4) is 0 Å². The maximum Gasteiger partial charge on any atom is 0.253 e. The largest absolute Gasteiger partial charge is 0.370 e. The average Bonchev–Trinajstić information content (AvgIpc) is 2.76. The highest BCUT2D eigenvalue weighted by Gasteiger charge is 2.23. The van der Waals surface area contributed by atoms with Gasteiger partial charge >= 0.3 is 0 Å². The van der Waals surface area contributed by atoms with Gasteiger partial charge in [0.05, 0.1) is 13.3 Å². The first-order chi connectivity index (χ1) is 10.0. The van der Waals surface area contributed by atoms with Gasteiger partial charge in [-0.25, -0.2) is 0 Å². The molecule has 116 valence electrons. The Labute approximate surface area is 121 Å². The summed E-state index contributed by atoms with van der Waals surface area (Å²) in [6, 6.07) is 0. The van der Waals surface area contributed by atoms with Gasteiger partial charge in [0.15, 0.2) is 0 Å². The van der Waals surface area contributed by atoms with Crippen molar-refractivity contribution in [2.24, 2.45) is 5.73 Å². The molecule has 0 aromatic carbocycles. The van der Waals surface area contributed by atoms with Crippen molar-refractivity contribution in [3.63, 3.8) is 0 Å². The SMILES string of the molecule is NCNC(=O)COCCNC(=O)CCN1C(=O)C=CC1=O. The van der Waals surface area contributed by atoms with Crippen LogP contribution in [0, 0.1) is 0 Å². The van der Waals surface area contributed by atoms with Gasteiger partial charge in [0.2, 0.25) is 11.8 Å². The van der Waals surface area contributed by atoms with E-state index < -0.39 is 11.8 Å². The van der Waals surface area contributed by atoms with Crippen molar-refractivity contribution in [3.8, 4) is 0 Å². The molecule has 0 spiro atoms. The van der Waals surface area contributed by atoms with E-state index in [4.69, 9.17) is 10.5 Å². The summed E-state index contributed by atoms with van der Waals surface area (Å²) in [6.45, 7) is 0.356. The smallest absolute Gasteiger partial charge is 0.253 e. The Morgan fingerprint density at radius 1 is 1.14 bits per heavy atom. The lowest BCUT2D eigenvalue weighted by molar-refractivity contribution is -0.137. The summed E-state index contributed by atoms with van der Waals surface area (Å²) >= 11 is 0. The highest BCUT2D eigenvalue weighted by Crippen LogP contribution is 2.03. The van der Waals surface area contributed by atoms with E-state index in [-0.39, 0.29) is 51.2 Å². The van der Waals surface area contributed by atoms with Crippen molar-refractivity contribution in [1.82, 2.24) is 15.5 Å². The van der Waals surface area contributed by atoms with Crippen LogP contribution < -0.4 is 16.4 Å². The Kier molecular flexibility index (Phi) is 7.05. The van der Waals surface area contributed by atoms with Crippen LogP contribution in [0.5, 0.6) is 0 Å². The summed E-state index contributed by atoms with van der Waals surface area (Å²) in [7, 11) is 0. The van der Waals surface area contributed by atoms with E-state index in [9.17, 15) is 19.2 Å². The molecule has 21 heavy (non-hydrogen) atoms. The van der Waals surface area contributed by atoms with Gasteiger partial charge < -0.3 is 21.1 Å². The molecule has 0 aromatic heterocycles. The van der Waals surface area contributed by atoms with Gasteiger partial charge in [-0.3, -0.25) is 24.1 Å². The third-order valence-corrected chi connectivity index (χ3v) is 2.56. The molecule has 0 atom stereocenters. The van der Waals surface area contributed by atoms with E-state index >= 15 is 0 Å². The number of amides is 4. The summed E-state index contributed by atoms with van der Waals surface area (Å²) in [4.78, 5) is 45.9. The summed E-state index contributed by atoms with van der Waals surface area (Å²) < 4.78 is 5.00. The topological polar surface area (TPSA) is 131 Å². The van der Waals surface area contributed by atoms with E-state index in [1.54, 1.807) is 0 Å². The minimum absolute atomic E-state index is 0.0207. The van der Waals surface area contributed by atoms with Crippen molar-refractivity contribution >= 4 is 23.6 Å². The molecule has 0 radical (unpaired) electrons. The molecule has 9 heteroatoms. The molecule has 9 nitrogen and oxygen atoms in total. The Bertz CT molecular complexity index is 431. The molecule has 1 heterocycles. The number of hydrogen-bond donors (Lipinski definition) is 3. The van der Waals surface area contributed by atoms with Gasteiger partial charge in [0.1, 0.15) is 6.61 Å². The summed E-state index contributed by atoms with van der Waals surface area (Å²) in [5.41, 5.74) is 5.10. The second kappa shape index (κ2) is 8.82. The van der Waals surface area contributed by atoms with E-state index in [0.717, 1.165) is 4.90 Å². The molecular formula is C12H18N4O5. The first-order valence-electron chi connectivity index (χ1n) is 6.39. The van der Waals surface area contributed by atoms with Gasteiger partial charge in [-0.1, -0.05) is 0 Å². The van der Waals surface area contributed by atoms with E-state index in [0.29, 0.717) is 0 Å². The van der Waals surface area contributed by atoms with Gasteiger partial charge in [-0.2, -0.15) is 0 Å². The van der Waals surface area contributed by atoms with Crippen molar-refractivity contribution < 1.29 is 23.9 Å². The molecule has 0 saturated carbocycles. The molecule has 0 bridgehead atoms. The molecule has 1 aliphatic heterocycles. The molecule has 1 aliphatic rings. The zero-order chi connectivity index (χ0) is 15.7. The van der Waals surface area contributed by atoms with E-state index in [1.165, 1.54) is 12.2 Å². The number of hydrogen-bond acceptors (Lipinski definition) is 6. The quantitative estimate of drug-likeness (QED) is 0.244. The normalized spacial score (nSPS) is 13.7. The maximum atomic E-state index is 11.5. The lowest BCUT2D eigenvalue weighted by Gasteiger charge is -2.13. The van der Waals surface area contributed by atoms with Crippen molar-refractivity contribution in [3.05, 3.63) is 12.2 Å². The Morgan fingerprint density at radius 3 is 2.43 bits per heavy atom. The molecule has 1 rings (SSSR count). The second-order valence-electron chi connectivity index (χ2n) is 4.12. The Morgan fingerprint density at radius 2 is 1.81 bits per heavy atom. The van der Waals surface area contributed by atoms with Crippen molar-refractivity contribution in [1.29, 1.82) is 0 Å². The zero-order valence-corrected chi connectivity index (χ0v) is 11.5. The predicted octanol–water partition coefficient (Wildman–Crippen LogP) is -2.53. The van der Waals surface area contributed by atoms with Gasteiger partial charge in [-0.05, 0) is 0 Å². The first kappa shape index (κ1) is 16.8. The second-order valence-corrected chi connectivity index (χ2v) is 4.12. The van der Waals surface area contributed by atoms with Crippen LogP contribution in [0.2, 0.25) is 0 Å². The summed E-state index contributed by atoms with van der Waals surface area (Å²) in [6.07, 6.45) is 2.35. The first-order valence-corrected chi connectivity index (χ1v) is 6.39. The van der Waals surface area contributed by atoms with Crippen LogP contribution in [0.25, 0.3) is 0 Å². The lowest BCUT2D eigenvalue weighted by Crippen LogP contribution is -2.36. The van der Waals surface area contributed by atoms with E-state index in [1.807, 2.05) is 0 Å². The molecule has 4 N–H and O–H groups in total. The predicted molar refractivity (Wildman–Crippen MR) is 71.5 cm³/mol. The van der Waals surface area contributed by atoms with Crippen LogP contribution >= 0.6 is 0 Å². The number of rotatable bonds is 9. The van der Waals surface area contributed by atoms with Crippen LogP contribution in [-0.2, 0) is 23.9 Å². The maximum absolute atomic E-state index is 11.5. The van der Waals surface area contributed by atoms with Crippen LogP contribution in [0.15, 0.2) is 12.2 Å². The number of imide groups is 1. The zero-order valence-electron chi connectivity index (χ0n) is 11.5. The number of nitrogens with two attached hydrogens (primary N) is 1. The van der Waals surface area contributed by atoms with Crippen molar-refractivity contribution in [2.45, 2.75) is 6.42 Å². The average molecular weight is 298 g/mol. The molecular weight excluding hydrogens is 280 g/mol. The van der Waals surface area contributed by atoms with Crippen LogP contribution in [0.1, 0.15) is 6.42 Å². The lowest BCUT2D eigenvalue weighted by atomic mass is 10.3. The van der Waals surface area contributed by atoms with Crippen molar-refractivity contribution in [2.75, 3.05) is 33.0 Å². The fourth-order valence-electron chi connectivity index (χ4n) is 1.55. The third-order valence-electron chi connectivity index (χ3n) is 2.56. The van der Waals surface area contributed by atoms with Crippen LogP contribution in [-0.4, -0.2) is 61.5 Å². The molecule has 0 unspecified atom stereocenters. The molecule has 0 aliphatic carbocycles. The number of carbonyl (C=O) groups excluding carboxylic acids is 4. The molecule has 4 amide bonds. The van der Waals surface area contributed by atoms with Crippen LogP contribution in [0.4, 0.5) is 0 Å².